The molecule has 0 unspecified atom stereocenters. The normalized spacial score (nSPS) is 11.9. The van der Waals surface area contributed by atoms with Crippen molar-refractivity contribution in [3.8, 4) is 0 Å². The highest BCUT2D eigenvalue weighted by molar-refractivity contribution is 6.37. The maximum atomic E-state index is 13.6. The highest BCUT2D eigenvalue weighted by Gasteiger charge is 2.27. The van der Waals surface area contributed by atoms with E-state index in [0.29, 0.717) is 27.9 Å². The molecule has 0 aliphatic carbocycles. The van der Waals surface area contributed by atoms with Crippen molar-refractivity contribution < 1.29 is 18.7 Å². The number of aromatic nitrogens is 3. The molecule has 0 amide bonds. The summed E-state index contributed by atoms with van der Waals surface area (Å²) in [5, 5.41) is 9.89. The molecule has 3 heterocycles. The SMILES string of the molecule is Cc1cc(C(C)(F)F)nc2[nH]c(Cc3c(Cl)ncc(C(=O)O)c3Cl)cc12. The first kappa shape index (κ1) is 18.5. The van der Waals surface area contributed by atoms with Gasteiger partial charge in [0.05, 0.1) is 10.6 Å². The number of rotatable bonds is 4. The van der Waals surface area contributed by atoms with E-state index < -0.39 is 11.9 Å². The molecule has 3 aromatic rings. The lowest BCUT2D eigenvalue weighted by Gasteiger charge is -2.10. The van der Waals surface area contributed by atoms with Gasteiger partial charge in [-0.3, -0.25) is 0 Å². The van der Waals surface area contributed by atoms with Crippen LogP contribution in [-0.4, -0.2) is 26.0 Å². The molecule has 0 radical (unpaired) electrons. The van der Waals surface area contributed by atoms with Crippen molar-refractivity contribution in [3.63, 3.8) is 0 Å². The fraction of sp³-hybridized carbons (Fsp3) is 0.235. The van der Waals surface area contributed by atoms with Crippen LogP contribution in [0.2, 0.25) is 10.2 Å². The number of hydrogen-bond donors (Lipinski definition) is 2. The minimum Gasteiger partial charge on any atom is -0.478 e. The van der Waals surface area contributed by atoms with E-state index in [1.165, 1.54) is 6.07 Å². The summed E-state index contributed by atoms with van der Waals surface area (Å²) < 4.78 is 27.1. The largest absolute Gasteiger partial charge is 0.478 e. The number of pyridine rings is 2. The van der Waals surface area contributed by atoms with Gasteiger partial charge < -0.3 is 10.1 Å². The molecule has 0 fully saturated rings. The molecule has 0 aliphatic heterocycles. The second-order valence-electron chi connectivity index (χ2n) is 6.01. The van der Waals surface area contributed by atoms with Crippen LogP contribution in [0.25, 0.3) is 11.0 Å². The number of carbonyl (C=O) groups is 1. The Balaban J connectivity index is 2.07. The van der Waals surface area contributed by atoms with Gasteiger partial charge in [-0.05, 0) is 24.6 Å². The van der Waals surface area contributed by atoms with Gasteiger partial charge in [-0.2, -0.15) is 8.78 Å². The molecule has 5 nitrogen and oxygen atoms in total. The molecule has 3 aromatic heterocycles. The van der Waals surface area contributed by atoms with E-state index in [1.54, 1.807) is 13.0 Å². The Morgan fingerprint density at radius 2 is 2.04 bits per heavy atom. The number of alkyl halides is 2. The molecular weight excluding hydrogens is 387 g/mol. The van der Waals surface area contributed by atoms with E-state index in [1.807, 2.05) is 0 Å². The van der Waals surface area contributed by atoms with Crippen molar-refractivity contribution in [1.82, 2.24) is 15.0 Å². The summed E-state index contributed by atoms with van der Waals surface area (Å²) in [4.78, 5) is 22.0. The van der Waals surface area contributed by atoms with Crippen LogP contribution in [0.4, 0.5) is 8.78 Å². The highest BCUT2D eigenvalue weighted by atomic mass is 35.5. The highest BCUT2D eigenvalue weighted by Crippen LogP contribution is 2.32. The van der Waals surface area contributed by atoms with Crippen LogP contribution in [0.5, 0.6) is 0 Å². The van der Waals surface area contributed by atoms with E-state index in [0.717, 1.165) is 13.1 Å². The van der Waals surface area contributed by atoms with Gasteiger partial charge in [-0.25, -0.2) is 14.8 Å². The van der Waals surface area contributed by atoms with Crippen LogP contribution >= 0.6 is 23.2 Å². The molecule has 26 heavy (non-hydrogen) atoms. The average Bonchev–Trinajstić information content (AvgIpc) is 2.93. The minimum absolute atomic E-state index is 0.0124. The van der Waals surface area contributed by atoms with Gasteiger partial charge in [0.25, 0.3) is 5.92 Å². The van der Waals surface area contributed by atoms with Crippen molar-refractivity contribution in [3.05, 3.63) is 56.6 Å². The maximum Gasteiger partial charge on any atom is 0.338 e. The van der Waals surface area contributed by atoms with Crippen molar-refractivity contribution in [2.45, 2.75) is 26.2 Å². The van der Waals surface area contributed by atoms with Gasteiger partial charge in [0.15, 0.2) is 0 Å². The van der Waals surface area contributed by atoms with Crippen molar-refractivity contribution >= 4 is 40.2 Å². The maximum absolute atomic E-state index is 13.6. The number of nitrogens with zero attached hydrogens (tertiary/aromatic N) is 2. The molecule has 136 valence electrons. The predicted octanol–water partition coefficient (Wildman–Crippen LogP) is 4.97. The monoisotopic (exact) mass is 399 g/mol. The lowest BCUT2D eigenvalue weighted by Crippen LogP contribution is -2.10. The Bertz CT molecular complexity index is 1030. The topological polar surface area (TPSA) is 78.9 Å². The predicted molar refractivity (Wildman–Crippen MR) is 94.4 cm³/mol. The van der Waals surface area contributed by atoms with Gasteiger partial charge >= 0.3 is 5.97 Å². The molecule has 0 saturated carbocycles. The molecule has 0 aliphatic rings. The van der Waals surface area contributed by atoms with E-state index in [4.69, 9.17) is 28.3 Å². The number of hydrogen-bond acceptors (Lipinski definition) is 3. The summed E-state index contributed by atoms with van der Waals surface area (Å²) in [5.41, 5.74) is 1.39. The smallest absolute Gasteiger partial charge is 0.338 e. The fourth-order valence-corrected chi connectivity index (χ4v) is 3.19. The van der Waals surface area contributed by atoms with E-state index in [2.05, 4.69) is 15.0 Å². The Hall–Kier alpha value is -2.25. The number of nitrogens with one attached hydrogen (secondary N) is 1. The van der Waals surface area contributed by atoms with E-state index in [9.17, 15) is 13.6 Å². The van der Waals surface area contributed by atoms with Crippen LogP contribution in [0.1, 0.15) is 39.8 Å². The molecule has 0 saturated heterocycles. The van der Waals surface area contributed by atoms with Crippen LogP contribution in [-0.2, 0) is 12.3 Å². The first-order valence-corrected chi connectivity index (χ1v) is 8.27. The average molecular weight is 400 g/mol. The summed E-state index contributed by atoms with van der Waals surface area (Å²) in [7, 11) is 0. The van der Waals surface area contributed by atoms with Crippen LogP contribution in [0.15, 0.2) is 18.3 Å². The Morgan fingerprint density at radius 3 is 2.65 bits per heavy atom. The molecule has 0 spiro atoms. The standard InChI is InChI=1S/C17H13Cl2F2N3O2/c1-7-3-12(17(2,20)21)24-15-9(7)4-8(23-15)5-10-13(18)11(16(25)26)6-22-14(10)19/h3-4,6H,5H2,1-2H3,(H,23,24)(H,25,26). The molecule has 9 heteroatoms. The zero-order chi connectivity index (χ0) is 19.2. The van der Waals surface area contributed by atoms with E-state index >= 15 is 0 Å². The lowest BCUT2D eigenvalue weighted by molar-refractivity contribution is 0.0130. The second kappa shape index (κ2) is 6.48. The number of aromatic amines is 1. The summed E-state index contributed by atoms with van der Waals surface area (Å²) in [6.07, 6.45) is 1.24. The van der Waals surface area contributed by atoms with Gasteiger partial charge in [0.1, 0.15) is 16.5 Å². The first-order chi connectivity index (χ1) is 12.1. The van der Waals surface area contributed by atoms with Crippen molar-refractivity contribution in [1.29, 1.82) is 0 Å². The summed E-state index contributed by atoms with van der Waals surface area (Å²) in [5.74, 6) is -4.28. The van der Waals surface area contributed by atoms with Crippen LogP contribution < -0.4 is 0 Å². The quantitative estimate of drug-likeness (QED) is 0.606. The number of carboxylic acid groups (broad SMARTS) is 1. The Morgan fingerprint density at radius 1 is 1.35 bits per heavy atom. The summed E-state index contributed by atoms with van der Waals surface area (Å²) in [6, 6.07) is 3.09. The third-order valence-corrected chi connectivity index (χ3v) is 4.73. The van der Waals surface area contributed by atoms with Crippen molar-refractivity contribution in [2.24, 2.45) is 0 Å². The summed E-state index contributed by atoms with van der Waals surface area (Å²) >= 11 is 12.2. The second-order valence-corrected chi connectivity index (χ2v) is 6.74. The van der Waals surface area contributed by atoms with Gasteiger partial charge in [0.2, 0.25) is 0 Å². The lowest BCUT2D eigenvalue weighted by atomic mass is 10.1. The fourth-order valence-electron chi connectivity index (χ4n) is 2.64. The zero-order valence-corrected chi connectivity index (χ0v) is 15.2. The summed E-state index contributed by atoms with van der Waals surface area (Å²) in [6.45, 7) is 2.50. The van der Waals surface area contributed by atoms with Gasteiger partial charge in [-0.1, -0.05) is 23.2 Å². The Kier molecular flexibility index (Phi) is 4.62. The number of carboxylic acids is 1. The van der Waals surface area contributed by atoms with Crippen molar-refractivity contribution in [2.75, 3.05) is 0 Å². The van der Waals surface area contributed by atoms with Crippen LogP contribution in [0, 0.1) is 6.92 Å². The number of halogens is 4. The Labute approximate surface area is 157 Å². The minimum atomic E-state index is -3.06. The number of H-pyrrole nitrogens is 1. The number of aryl methyl sites for hydroxylation is 1. The molecule has 0 atom stereocenters. The third kappa shape index (κ3) is 3.37. The zero-order valence-electron chi connectivity index (χ0n) is 13.7. The molecule has 3 rings (SSSR count). The third-order valence-electron chi connectivity index (χ3n) is 3.97. The van der Waals surface area contributed by atoms with Gasteiger partial charge in [0, 0.05) is 36.2 Å². The first-order valence-electron chi connectivity index (χ1n) is 7.51. The van der Waals surface area contributed by atoms with E-state index in [-0.39, 0.29) is 27.9 Å². The van der Waals surface area contributed by atoms with Gasteiger partial charge in [-0.15, -0.1) is 0 Å². The number of aromatic carboxylic acids is 1. The van der Waals surface area contributed by atoms with Crippen LogP contribution in [0.3, 0.4) is 0 Å². The molecule has 0 aromatic carbocycles. The molecular formula is C17H13Cl2F2N3O2. The molecule has 2 N–H and O–H groups in total. The number of fused-ring (bicyclic) bond motifs is 1. The molecule has 0 bridgehead atoms.